The zero-order chi connectivity index (χ0) is 12.1. The smallest absolute Gasteiger partial charge is 0.325 e. The molecule has 0 saturated carbocycles. The van der Waals surface area contributed by atoms with Crippen molar-refractivity contribution < 1.29 is 9.90 Å². The van der Waals surface area contributed by atoms with Crippen molar-refractivity contribution in [3.05, 3.63) is 5.82 Å². The van der Waals surface area contributed by atoms with Gasteiger partial charge >= 0.3 is 5.97 Å². The Balaban J connectivity index is 1.97. The summed E-state index contributed by atoms with van der Waals surface area (Å²) in [5, 5.41) is 19.9. The average molecular weight is 239 g/mol. The van der Waals surface area contributed by atoms with Crippen LogP contribution in [0.4, 0.5) is 0 Å². The first kappa shape index (κ1) is 12.0. The summed E-state index contributed by atoms with van der Waals surface area (Å²) in [6.07, 6.45) is 4.94. The number of nitrogens with zero attached hydrogens (tertiary/aromatic N) is 5. The van der Waals surface area contributed by atoms with Gasteiger partial charge in [0.1, 0.15) is 6.54 Å². The van der Waals surface area contributed by atoms with E-state index in [1.807, 2.05) is 0 Å². The Bertz CT molecular complexity index is 371. The molecule has 1 saturated heterocycles. The third-order valence-electron chi connectivity index (χ3n) is 2.95. The van der Waals surface area contributed by atoms with Crippen LogP contribution < -0.4 is 0 Å². The van der Waals surface area contributed by atoms with Gasteiger partial charge in [0.25, 0.3) is 0 Å². The van der Waals surface area contributed by atoms with Gasteiger partial charge in [0.2, 0.25) is 0 Å². The minimum absolute atomic E-state index is 0.170. The molecule has 2 heterocycles. The SMILES string of the molecule is O=C(O)Cn1nnnc1CN1CCCCCC1. The molecule has 0 amide bonds. The van der Waals surface area contributed by atoms with Crippen molar-refractivity contribution in [3.8, 4) is 0 Å². The Morgan fingerprint density at radius 3 is 2.59 bits per heavy atom. The quantitative estimate of drug-likeness (QED) is 0.804. The lowest BCUT2D eigenvalue weighted by molar-refractivity contribution is -0.138. The first-order chi connectivity index (χ1) is 8.25. The molecule has 1 N–H and O–H groups in total. The molecule has 1 aromatic rings. The third kappa shape index (κ3) is 3.48. The van der Waals surface area contributed by atoms with E-state index in [0.717, 1.165) is 13.1 Å². The second-order valence-corrected chi connectivity index (χ2v) is 4.34. The number of hydrogen-bond acceptors (Lipinski definition) is 5. The second-order valence-electron chi connectivity index (χ2n) is 4.34. The Hall–Kier alpha value is -1.50. The van der Waals surface area contributed by atoms with Crippen LogP contribution in [-0.2, 0) is 17.9 Å². The normalized spacial score (nSPS) is 17.9. The second kappa shape index (κ2) is 5.72. The fourth-order valence-corrected chi connectivity index (χ4v) is 2.08. The summed E-state index contributed by atoms with van der Waals surface area (Å²) in [6, 6.07) is 0. The molecule has 1 aliphatic heterocycles. The molecular formula is C10H17N5O2. The van der Waals surface area contributed by atoms with Crippen molar-refractivity contribution in [3.63, 3.8) is 0 Å². The topological polar surface area (TPSA) is 84.1 Å². The Morgan fingerprint density at radius 2 is 1.94 bits per heavy atom. The maximum atomic E-state index is 10.6. The van der Waals surface area contributed by atoms with E-state index < -0.39 is 5.97 Å². The van der Waals surface area contributed by atoms with Gasteiger partial charge in [-0.25, -0.2) is 4.68 Å². The van der Waals surface area contributed by atoms with Crippen LogP contribution in [0.25, 0.3) is 0 Å². The number of carboxylic acids is 1. The Kier molecular flexibility index (Phi) is 4.03. The highest BCUT2D eigenvalue weighted by Crippen LogP contribution is 2.11. The minimum atomic E-state index is -0.922. The Labute approximate surface area is 99.4 Å². The van der Waals surface area contributed by atoms with Gasteiger partial charge in [0.05, 0.1) is 6.54 Å². The number of tetrazole rings is 1. The number of carboxylic acid groups (broad SMARTS) is 1. The number of likely N-dealkylation sites (tertiary alicyclic amines) is 1. The number of hydrogen-bond donors (Lipinski definition) is 1. The van der Waals surface area contributed by atoms with Gasteiger partial charge in [-0.15, -0.1) is 5.10 Å². The molecule has 1 fully saturated rings. The summed E-state index contributed by atoms with van der Waals surface area (Å²) in [6.45, 7) is 2.55. The molecule has 7 nitrogen and oxygen atoms in total. The summed E-state index contributed by atoms with van der Waals surface area (Å²) in [4.78, 5) is 12.9. The van der Waals surface area contributed by atoms with Gasteiger partial charge in [-0.1, -0.05) is 12.8 Å². The summed E-state index contributed by atoms with van der Waals surface area (Å²) < 4.78 is 1.35. The van der Waals surface area contributed by atoms with Crippen molar-refractivity contribution in [2.75, 3.05) is 13.1 Å². The fourth-order valence-electron chi connectivity index (χ4n) is 2.08. The van der Waals surface area contributed by atoms with E-state index in [0.29, 0.717) is 12.4 Å². The zero-order valence-corrected chi connectivity index (χ0v) is 9.75. The lowest BCUT2D eigenvalue weighted by Gasteiger charge is -2.18. The molecule has 0 atom stereocenters. The van der Waals surface area contributed by atoms with Crippen LogP contribution in [0.2, 0.25) is 0 Å². The van der Waals surface area contributed by atoms with Gasteiger partial charge in [0.15, 0.2) is 5.82 Å². The van der Waals surface area contributed by atoms with E-state index in [1.165, 1.54) is 30.4 Å². The predicted octanol–water partition coefficient (Wildman–Crippen LogP) is 0.134. The highest BCUT2D eigenvalue weighted by Gasteiger charge is 2.15. The third-order valence-corrected chi connectivity index (χ3v) is 2.95. The summed E-state index contributed by atoms with van der Waals surface area (Å²) in [7, 11) is 0. The van der Waals surface area contributed by atoms with Crippen LogP contribution in [0.1, 0.15) is 31.5 Å². The monoisotopic (exact) mass is 239 g/mol. The van der Waals surface area contributed by atoms with E-state index in [9.17, 15) is 4.79 Å². The van der Waals surface area contributed by atoms with Crippen molar-refractivity contribution >= 4 is 5.97 Å². The van der Waals surface area contributed by atoms with Crippen LogP contribution in [0.3, 0.4) is 0 Å². The zero-order valence-electron chi connectivity index (χ0n) is 9.75. The number of aliphatic carboxylic acids is 1. The fraction of sp³-hybridized carbons (Fsp3) is 0.800. The van der Waals surface area contributed by atoms with E-state index in [2.05, 4.69) is 20.4 Å². The van der Waals surface area contributed by atoms with Crippen molar-refractivity contribution in [2.24, 2.45) is 0 Å². The van der Waals surface area contributed by atoms with Crippen LogP contribution >= 0.6 is 0 Å². The van der Waals surface area contributed by atoms with Gasteiger partial charge in [-0.3, -0.25) is 9.69 Å². The molecular weight excluding hydrogens is 222 g/mol. The van der Waals surface area contributed by atoms with Crippen LogP contribution in [-0.4, -0.2) is 49.3 Å². The molecule has 7 heteroatoms. The highest BCUT2D eigenvalue weighted by molar-refractivity contribution is 5.66. The molecule has 17 heavy (non-hydrogen) atoms. The highest BCUT2D eigenvalue weighted by atomic mass is 16.4. The molecule has 0 bridgehead atoms. The van der Waals surface area contributed by atoms with E-state index >= 15 is 0 Å². The predicted molar refractivity (Wildman–Crippen MR) is 59.2 cm³/mol. The van der Waals surface area contributed by atoms with Gasteiger partial charge in [0, 0.05) is 0 Å². The lowest BCUT2D eigenvalue weighted by Crippen LogP contribution is -2.26. The summed E-state index contributed by atoms with van der Waals surface area (Å²) in [5.74, 6) is -0.288. The number of aromatic nitrogens is 4. The first-order valence-corrected chi connectivity index (χ1v) is 5.95. The van der Waals surface area contributed by atoms with Crippen LogP contribution in [0, 0.1) is 0 Å². The number of rotatable bonds is 4. The largest absolute Gasteiger partial charge is 0.480 e. The van der Waals surface area contributed by atoms with Crippen LogP contribution in [0.5, 0.6) is 0 Å². The van der Waals surface area contributed by atoms with Crippen molar-refractivity contribution in [1.82, 2.24) is 25.1 Å². The maximum absolute atomic E-state index is 10.6. The molecule has 0 radical (unpaired) electrons. The number of carbonyl (C=O) groups is 1. The molecule has 0 aromatic carbocycles. The molecule has 1 aromatic heterocycles. The summed E-state index contributed by atoms with van der Waals surface area (Å²) >= 11 is 0. The standard InChI is InChI=1S/C10H17N5O2/c16-10(17)8-15-9(11-12-13-15)7-14-5-3-1-2-4-6-14/h1-8H2,(H,16,17). The molecule has 0 spiro atoms. The summed E-state index contributed by atoms with van der Waals surface area (Å²) in [5.41, 5.74) is 0. The van der Waals surface area contributed by atoms with Gasteiger partial charge < -0.3 is 5.11 Å². The molecule has 1 aliphatic rings. The lowest BCUT2D eigenvalue weighted by atomic mass is 10.2. The maximum Gasteiger partial charge on any atom is 0.325 e. The van der Waals surface area contributed by atoms with E-state index in [4.69, 9.17) is 5.11 Å². The molecule has 2 rings (SSSR count). The average Bonchev–Trinajstić information content (AvgIpc) is 2.55. The van der Waals surface area contributed by atoms with Crippen molar-refractivity contribution in [2.45, 2.75) is 38.8 Å². The Morgan fingerprint density at radius 1 is 1.24 bits per heavy atom. The van der Waals surface area contributed by atoms with E-state index in [-0.39, 0.29) is 6.54 Å². The molecule has 0 aliphatic carbocycles. The van der Waals surface area contributed by atoms with E-state index in [1.54, 1.807) is 0 Å². The van der Waals surface area contributed by atoms with Crippen LogP contribution in [0.15, 0.2) is 0 Å². The first-order valence-electron chi connectivity index (χ1n) is 5.95. The van der Waals surface area contributed by atoms with Crippen molar-refractivity contribution in [1.29, 1.82) is 0 Å². The molecule has 0 unspecified atom stereocenters. The minimum Gasteiger partial charge on any atom is -0.480 e. The van der Waals surface area contributed by atoms with Gasteiger partial charge in [-0.2, -0.15) is 0 Å². The molecule has 94 valence electrons. The van der Waals surface area contributed by atoms with Gasteiger partial charge in [-0.05, 0) is 36.4 Å².